The van der Waals surface area contributed by atoms with E-state index < -0.39 is 53.4 Å². The molecular weight excluding hydrogens is 743 g/mol. The first-order valence-electron chi connectivity index (χ1n) is 14.4. The van der Waals surface area contributed by atoms with Gasteiger partial charge in [-0.15, -0.1) is 11.3 Å². The van der Waals surface area contributed by atoms with Crippen LogP contribution in [-0.4, -0.2) is 90.2 Å². The van der Waals surface area contributed by atoms with Crippen LogP contribution < -0.4 is 20.7 Å². The quantitative estimate of drug-likeness (QED) is 0.0801. The summed E-state index contributed by atoms with van der Waals surface area (Å²) in [6.07, 6.45) is 0.369. The highest BCUT2D eigenvalue weighted by atomic mass is 127. The second-order valence-corrected chi connectivity index (χ2v) is 12.5. The smallest absolute Gasteiger partial charge is 0.419 e. The van der Waals surface area contributed by atoms with Crippen molar-refractivity contribution in [1.82, 2.24) is 20.9 Å². The van der Waals surface area contributed by atoms with Gasteiger partial charge in [0.1, 0.15) is 22.7 Å². The average molecular weight is 781 g/mol. The molecule has 0 spiro atoms. The molecule has 3 N–H and O–H groups in total. The van der Waals surface area contributed by atoms with Crippen LogP contribution in [0.3, 0.4) is 0 Å². The van der Waals surface area contributed by atoms with E-state index in [0.29, 0.717) is 9.88 Å². The summed E-state index contributed by atoms with van der Waals surface area (Å²) in [6.45, 7) is 2.75. The van der Waals surface area contributed by atoms with E-state index in [9.17, 15) is 24.0 Å². The lowest BCUT2D eigenvalue weighted by molar-refractivity contribution is -0.140. The van der Waals surface area contributed by atoms with Crippen molar-refractivity contribution in [2.75, 3.05) is 31.9 Å². The molecule has 0 aliphatic carbocycles. The number of aromatic nitrogens is 1. The fraction of sp³-hybridized carbons (Fsp3) is 0.375. The first-order valence-corrected chi connectivity index (χ1v) is 16.8. The number of carbonyl (C=O) groups excluding carboxylic acids is 5. The zero-order chi connectivity index (χ0) is 34.4. The van der Waals surface area contributed by atoms with Gasteiger partial charge < -0.3 is 34.9 Å². The zero-order valence-electron chi connectivity index (χ0n) is 26.3. The number of ketones is 1. The van der Waals surface area contributed by atoms with Crippen molar-refractivity contribution >= 4 is 63.6 Å². The molecule has 0 saturated heterocycles. The van der Waals surface area contributed by atoms with E-state index in [1.165, 1.54) is 27.3 Å². The fourth-order valence-corrected chi connectivity index (χ4v) is 5.51. The normalized spacial score (nSPS) is 14.1. The number of hydrogen-bond acceptors (Lipinski definition) is 11. The Labute approximate surface area is 290 Å². The summed E-state index contributed by atoms with van der Waals surface area (Å²) in [4.78, 5) is 70.8. The van der Waals surface area contributed by atoms with Crippen molar-refractivity contribution in [3.63, 3.8) is 0 Å². The highest BCUT2D eigenvalue weighted by Crippen LogP contribution is 2.22. The number of amides is 3. The predicted octanol–water partition coefficient (Wildman–Crippen LogP) is 3.03. The number of thiazole rings is 1. The topological polar surface area (TPSA) is 171 Å². The Kier molecular flexibility index (Phi) is 14.7. The monoisotopic (exact) mass is 780 g/mol. The van der Waals surface area contributed by atoms with Crippen LogP contribution >= 0.6 is 33.9 Å². The number of rotatable bonds is 17. The Balaban J connectivity index is 1.80. The summed E-state index contributed by atoms with van der Waals surface area (Å²) in [7, 11) is 2.71. The summed E-state index contributed by atoms with van der Waals surface area (Å²) in [5, 5.41) is 8.57. The molecule has 0 aliphatic rings. The van der Waals surface area contributed by atoms with Gasteiger partial charge in [-0.3, -0.25) is 19.2 Å². The van der Waals surface area contributed by atoms with Gasteiger partial charge in [0.05, 0.1) is 30.5 Å². The van der Waals surface area contributed by atoms with E-state index in [-0.39, 0.29) is 29.8 Å². The van der Waals surface area contributed by atoms with Crippen LogP contribution in [0.25, 0.3) is 0 Å². The van der Waals surface area contributed by atoms with E-state index in [4.69, 9.17) is 18.9 Å². The predicted molar refractivity (Wildman–Crippen MR) is 182 cm³/mol. The number of aryl methyl sites for hydroxylation is 1. The highest BCUT2D eigenvalue weighted by molar-refractivity contribution is 14.1. The number of benzene rings is 2. The number of methoxy groups -OCH3 is 2. The molecule has 47 heavy (non-hydrogen) atoms. The molecule has 252 valence electrons. The standard InChI is InChI=1S/C32H37IN4O9S/c1-20-34-16-26(47-20)30(41)37-25(18-44-4)29(40)36-24(17-43-3)28(39)35-23(15-21-11-7-5-8-12-21)27(38)32(2,19-33)46-31(42)45-22-13-9-6-10-14-22/h5-14,16,23-25H,15,17-19H2,1-4H3,(H,35,39)(H,36,40)(H,37,41)/t23-,24-,25-,32+/m0/s1. The lowest BCUT2D eigenvalue weighted by Gasteiger charge is -2.31. The summed E-state index contributed by atoms with van der Waals surface area (Å²) in [5.74, 6) is -2.34. The van der Waals surface area contributed by atoms with Gasteiger partial charge in [0.15, 0.2) is 11.4 Å². The van der Waals surface area contributed by atoms with Crippen LogP contribution in [0.1, 0.15) is 27.2 Å². The van der Waals surface area contributed by atoms with Gasteiger partial charge in [-0.2, -0.15) is 0 Å². The Hall–Kier alpha value is -3.93. The van der Waals surface area contributed by atoms with Crippen LogP contribution in [-0.2, 0) is 35.0 Å². The van der Waals surface area contributed by atoms with Gasteiger partial charge in [0.2, 0.25) is 11.8 Å². The van der Waals surface area contributed by atoms with Gasteiger partial charge >= 0.3 is 6.16 Å². The number of nitrogens with zero attached hydrogens (tertiary/aromatic N) is 1. The fourth-order valence-electron chi connectivity index (χ4n) is 4.30. The molecule has 0 aliphatic heterocycles. The van der Waals surface area contributed by atoms with Gasteiger partial charge in [-0.1, -0.05) is 71.1 Å². The Morgan fingerprint density at radius 3 is 1.94 bits per heavy atom. The van der Waals surface area contributed by atoms with Crippen molar-refractivity contribution in [3.05, 3.63) is 82.3 Å². The van der Waals surface area contributed by atoms with Crippen LogP contribution in [0, 0.1) is 6.92 Å². The number of alkyl halides is 1. The number of para-hydroxylation sites is 1. The maximum Gasteiger partial charge on any atom is 0.514 e. The van der Waals surface area contributed by atoms with E-state index in [2.05, 4.69) is 20.9 Å². The number of Topliss-reactive ketones (excluding diaryl/α,β-unsaturated/α-hetero) is 1. The van der Waals surface area contributed by atoms with E-state index in [0.717, 1.165) is 16.9 Å². The summed E-state index contributed by atoms with van der Waals surface area (Å²) < 4.78 is 21.2. The molecule has 0 fully saturated rings. The minimum absolute atomic E-state index is 0.0462. The lowest BCUT2D eigenvalue weighted by atomic mass is 9.92. The molecule has 0 bridgehead atoms. The minimum Gasteiger partial charge on any atom is -0.419 e. The van der Waals surface area contributed by atoms with Crippen molar-refractivity contribution in [2.24, 2.45) is 0 Å². The van der Waals surface area contributed by atoms with Gasteiger partial charge in [-0.05, 0) is 38.0 Å². The number of nitrogens with one attached hydrogen (secondary N) is 3. The Morgan fingerprint density at radius 2 is 1.40 bits per heavy atom. The molecule has 1 aromatic heterocycles. The third kappa shape index (κ3) is 11.4. The van der Waals surface area contributed by atoms with Crippen molar-refractivity contribution in [3.8, 4) is 5.75 Å². The Bertz CT molecular complexity index is 1510. The molecule has 1 heterocycles. The molecule has 0 saturated carbocycles. The molecule has 3 aromatic rings. The highest BCUT2D eigenvalue weighted by Gasteiger charge is 2.43. The first kappa shape index (κ1) is 37.5. The lowest BCUT2D eigenvalue weighted by Crippen LogP contribution is -2.60. The summed E-state index contributed by atoms with van der Waals surface area (Å²) in [6, 6.07) is 13.6. The van der Waals surface area contributed by atoms with Crippen molar-refractivity contribution in [2.45, 2.75) is 44.0 Å². The molecule has 3 amide bonds. The first-order chi connectivity index (χ1) is 22.5. The average Bonchev–Trinajstić information content (AvgIpc) is 3.50. The molecule has 0 unspecified atom stereocenters. The Morgan fingerprint density at radius 1 is 0.851 bits per heavy atom. The number of halogens is 1. The molecule has 3 rings (SSSR count). The van der Waals surface area contributed by atoms with E-state index >= 15 is 0 Å². The van der Waals surface area contributed by atoms with Gasteiger partial charge in [-0.25, -0.2) is 9.78 Å². The van der Waals surface area contributed by atoms with Crippen LogP contribution in [0.15, 0.2) is 66.9 Å². The van der Waals surface area contributed by atoms with Crippen molar-refractivity contribution < 1.29 is 42.9 Å². The number of hydrogen-bond donors (Lipinski definition) is 3. The maximum absolute atomic E-state index is 14.0. The maximum atomic E-state index is 14.0. The minimum atomic E-state index is -1.69. The number of carbonyl (C=O) groups is 5. The van der Waals surface area contributed by atoms with Crippen LogP contribution in [0.5, 0.6) is 5.75 Å². The van der Waals surface area contributed by atoms with Gasteiger partial charge in [0, 0.05) is 18.6 Å². The second kappa shape index (κ2) is 18.4. The van der Waals surface area contributed by atoms with Gasteiger partial charge in [0.25, 0.3) is 5.91 Å². The van der Waals surface area contributed by atoms with Crippen LogP contribution in [0.4, 0.5) is 4.79 Å². The SMILES string of the molecule is COC[C@H](NC(=O)c1cnc(C)s1)C(=O)N[C@@H](COC)C(=O)N[C@@H](Cc1ccccc1)C(=O)[C@@](C)(CI)OC(=O)Oc1ccccc1. The molecular formula is C32H37IN4O9S. The third-order valence-corrected chi connectivity index (χ3v) is 9.08. The van der Waals surface area contributed by atoms with Crippen LogP contribution in [0.2, 0.25) is 0 Å². The van der Waals surface area contributed by atoms with E-state index in [1.807, 2.05) is 28.7 Å². The third-order valence-electron chi connectivity index (χ3n) is 6.71. The molecule has 0 radical (unpaired) electrons. The molecule has 2 aromatic carbocycles. The summed E-state index contributed by atoms with van der Waals surface area (Å²) in [5.41, 5.74) is -0.968. The summed E-state index contributed by atoms with van der Waals surface area (Å²) >= 11 is 3.08. The van der Waals surface area contributed by atoms with E-state index in [1.54, 1.807) is 61.5 Å². The molecule has 4 atom stereocenters. The van der Waals surface area contributed by atoms with Crippen molar-refractivity contribution in [1.29, 1.82) is 0 Å². The number of ether oxygens (including phenoxy) is 4. The zero-order valence-corrected chi connectivity index (χ0v) is 29.3. The second-order valence-electron chi connectivity index (χ2n) is 10.5. The molecule has 15 heteroatoms. The molecule has 13 nitrogen and oxygen atoms in total. The largest absolute Gasteiger partial charge is 0.514 e.